The Morgan fingerprint density at radius 3 is 2.70 bits per heavy atom. The van der Waals surface area contributed by atoms with Gasteiger partial charge in [-0.2, -0.15) is 0 Å². The molecule has 2 aromatic carbocycles. The van der Waals surface area contributed by atoms with Gasteiger partial charge in [0.05, 0.1) is 7.11 Å². The molecule has 0 bridgehead atoms. The Hall–Kier alpha value is -2.07. The van der Waals surface area contributed by atoms with Gasteiger partial charge in [-0.15, -0.1) is 0 Å². The standard InChI is InChI=1S/C16H19NO3/c1-3-10-17-15(16(18)19)14-12-7-5-4-6-11(12)8-9-13(14)20-2/h4-9,15,17H,3,10H2,1-2H3,(H,18,19). The Labute approximate surface area is 118 Å². The Kier molecular flexibility index (Phi) is 4.58. The minimum Gasteiger partial charge on any atom is -0.496 e. The summed E-state index contributed by atoms with van der Waals surface area (Å²) in [6, 6.07) is 10.7. The highest BCUT2D eigenvalue weighted by atomic mass is 16.5. The molecule has 0 spiro atoms. The number of carbonyl (C=O) groups is 1. The number of rotatable bonds is 6. The Morgan fingerprint density at radius 1 is 1.30 bits per heavy atom. The predicted octanol–water partition coefficient (Wildman–Crippen LogP) is 2.97. The number of methoxy groups -OCH3 is 1. The predicted molar refractivity (Wildman–Crippen MR) is 79.2 cm³/mol. The zero-order valence-corrected chi connectivity index (χ0v) is 11.7. The lowest BCUT2D eigenvalue weighted by molar-refractivity contribution is -0.139. The second-order valence-corrected chi connectivity index (χ2v) is 4.63. The molecule has 106 valence electrons. The molecule has 0 aliphatic heterocycles. The Balaban J connectivity index is 2.61. The van der Waals surface area contributed by atoms with Gasteiger partial charge in [0.15, 0.2) is 0 Å². The lowest BCUT2D eigenvalue weighted by Gasteiger charge is -2.19. The van der Waals surface area contributed by atoms with E-state index in [9.17, 15) is 9.90 Å². The molecule has 2 N–H and O–H groups in total. The first-order valence-corrected chi connectivity index (χ1v) is 6.70. The molecule has 2 aromatic rings. The van der Waals surface area contributed by atoms with Crippen LogP contribution in [0.2, 0.25) is 0 Å². The molecule has 0 heterocycles. The Bertz CT molecular complexity index is 610. The van der Waals surface area contributed by atoms with Crippen molar-refractivity contribution in [1.82, 2.24) is 5.32 Å². The zero-order valence-electron chi connectivity index (χ0n) is 11.7. The van der Waals surface area contributed by atoms with Gasteiger partial charge in [0.2, 0.25) is 0 Å². The van der Waals surface area contributed by atoms with Crippen molar-refractivity contribution in [3.63, 3.8) is 0 Å². The molecule has 0 aliphatic carbocycles. The topological polar surface area (TPSA) is 58.6 Å². The number of fused-ring (bicyclic) bond motifs is 1. The molecule has 0 aromatic heterocycles. The monoisotopic (exact) mass is 273 g/mol. The van der Waals surface area contributed by atoms with Crippen LogP contribution in [0.1, 0.15) is 24.9 Å². The van der Waals surface area contributed by atoms with Crippen LogP contribution in [0.4, 0.5) is 0 Å². The van der Waals surface area contributed by atoms with Gasteiger partial charge >= 0.3 is 5.97 Å². The third-order valence-corrected chi connectivity index (χ3v) is 3.28. The van der Waals surface area contributed by atoms with E-state index in [0.29, 0.717) is 17.9 Å². The quantitative estimate of drug-likeness (QED) is 0.849. The molecule has 1 atom stereocenters. The number of carboxylic acids is 1. The van der Waals surface area contributed by atoms with Crippen LogP contribution in [0.3, 0.4) is 0 Å². The van der Waals surface area contributed by atoms with Crippen molar-refractivity contribution in [2.45, 2.75) is 19.4 Å². The number of nitrogens with one attached hydrogen (secondary N) is 1. The number of hydrogen-bond donors (Lipinski definition) is 2. The SMILES string of the molecule is CCCNC(C(=O)O)c1c(OC)ccc2ccccc12. The summed E-state index contributed by atoms with van der Waals surface area (Å²) < 4.78 is 5.36. The molecule has 0 saturated carbocycles. The van der Waals surface area contributed by atoms with Crippen LogP contribution in [0.15, 0.2) is 36.4 Å². The largest absolute Gasteiger partial charge is 0.496 e. The second kappa shape index (κ2) is 6.39. The molecule has 0 fully saturated rings. The molecular formula is C16H19NO3. The molecular weight excluding hydrogens is 254 g/mol. The van der Waals surface area contributed by atoms with Crippen molar-refractivity contribution in [1.29, 1.82) is 0 Å². The summed E-state index contributed by atoms with van der Waals surface area (Å²) in [6.45, 7) is 2.65. The van der Waals surface area contributed by atoms with Gasteiger partial charge in [0, 0.05) is 5.56 Å². The second-order valence-electron chi connectivity index (χ2n) is 4.63. The third kappa shape index (κ3) is 2.75. The minimum absolute atomic E-state index is 0.597. The minimum atomic E-state index is -0.895. The highest BCUT2D eigenvalue weighted by Gasteiger charge is 2.24. The van der Waals surface area contributed by atoms with Gasteiger partial charge in [-0.3, -0.25) is 4.79 Å². The van der Waals surface area contributed by atoms with Crippen molar-refractivity contribution in [2.24, 2.45) is 0 Å². The lowest BCUT2D eigenvalue weighted by atomic mass is 9.97. The lowest BCUT2D eigenvalue weighted by Crippen LogP contribution is -2.29. The molecule has 4 heteroatoms. The highest BCUT2D eigenvalue weighted by molar-refractivity contribution is 5.92. The van der Waals surface area contributed by atoms with E-state index in [1.807, 2.05) is 43.3 Å². The summed E-state index contributed by atoms with van der Waals surface area (Å²) in [7, 11) is 1.56. The van der Waals surface area contributed by atoms with Crippen LogP contribution in [0, 0.1) is 0 Å². The first kappa shape index (κ1) is 14.3. The number of aliphatic carboxylic acids is 1. The van der Waals surface area contributed by atoms with Crippen molar-refractivity contribution in [3.8, 4) is 5.75 Å². The first-order chi connectivity index (χ1) is 9.69. The molecule has 1 unspecified atom stereocenters. The third-order valence-electron chi connectivity index (χ3n) is 3.28. The van der Waals surface area contributed by atoms with Crippen LogP contribution in [-0.2, 0) is 4.79 Å². The molecule has 0 amide bonds. The molecule has 4 nitrogen and oxygen atoms in total. The zero-order chi connectivity index (χ0) is 14.5. The van der Waals surface area contributed by atoms with E-state index in [0.717, 1.165) is 17.2 Å². The smallest absolute Gasteiger partial charge is 0.325 e. The fourth-order valence-corrected chi connectivity index (χ4v) is 2.35. The van der Waals surface area contributed by atoms with Crippen molar-refractivity contribution in [2.75, 3.05) is 13.7 Å². The molecule has 0 saturated heterocycles. The van der Waals surface area contributed by atoms with Crippen molar-refractivity contribution >= 4 is 16.7 Å². The first-order valence-electron chi connectivity index (χ1n) is 6.70. The van der Waals surface area contributed by atoms with E-state index in [4.69, 9.17) is 4.74 Å². The fraction of sp³-hybridized carbons (Fsp3) is 0.312. The van der Waals surface area contributed by atoms with Crippen LogP contribution in [0.25, 0.3) is 10.8 Å². The summed E-state index contributed by atoms with van der Waals surface area (Å²) in [5, 5.41) is 14.5. The summed E-state index contributed by atoms with van der Waals surface area (Å²) in [6.07, 6.45) is 0.872. The van der Waals surface area contributed by atoms with E-state index in [1.54, 1.807) is 7.11 Å². The fourth-order valence-electron chi connectivity index (χ4n) is 2.35. The van der Waals surface area contributed by atoms with Gasteiger partial charge in [0.1, 0.15) is 11.8 Å². The van der Waals surface area contributed by atoms with Gasteiger partial charge in [-0.1, -0.05) is 37.3 Å². The maximum absolute atomic E-state index is 11.6. The Morgan fingerprint density at radius 2 is 2.05 bits per heavy atom. The van der Waals surface area contributed by atoms with Crippen LogP contribution < -0.4 is 10.1 Å². The number of benzene rings is 2. The number of carboxylic acid groups (broad SMARTS) is 1. The normalized spacial score (nSPS) is 12.3. The molecule has 0 radical (unpaired) electrons. The van der Waals surface area contributed by atoms with Gasteiger partial charge in [0.25, 0.3) is 0 Å². The highest BCUT2D eigenvalue weighted by Crippen LogP contribution is 2.33. The van der Waals surface area contributed by atoms with Crippen LogP contribution >= 0.6 is 0 Å². The summed E-state index contributed by atoms with van der Waals surface area (Å²) in [4.78, 5) is 11.6. The number of hydrogen-bond acceptors (Lipinski definition) is 3. The maximum Gasteiger partial charge on any atom is 0.325 e. The number of ether oxygens (including phenoxy) is 1. The van der Waals surface area contributed by atoms with Gasteiger partial charge in [-0.25, -0.2) is 0 Å². The van der Waals surface area contributed by atoms with E-state index >= 15 is 0 Å². The van der Waals surface area contributed by atoms with Crippen molar-refractivity contribution in [3.05, 3.63) is 42.0 Å². The van der Waals surface area contributed by atoms with E-state index < -0.39 is 12.0 Å². The maximum atomic E-state index is 11.6. The van der Waals surface area contributed by atoms with E-state index in [-0.39, 0.29) is 0 Å². The van der Waals surface area contributed by atoms with E-state index in [1.165, 1.54) is 0 Å². The molecule has 2 rings (SSSR count). The summed E-state index contributed by atoms with van der Waals surface area (Å²) in [5.41, 5.74) is 0.687. The van der Waals surface area contributed by atoms with Crippen LogP contribution in [0.5, 0.6) is 5.75 Å². The van der Waals surface area contributed by atoms with Crippen LogP contribution in [-0.4, -0.2) is 24.7 Å². The molecule has 0 aliphatic rings. The van der Waals surface area contributed by atoms with Gasteiger partial charge < -0.3 is 15.2 Å². The summed E-state index contributed by atoms with van der Waals surface area (Å²) >= 11 is 0. The van der Waals surface area contributed by atoms with E-state index in [2.05, 4.69) is 5.32 Å². The average molecular weight is 273 g/mol. The van der Waals surface area contributed by atoms with Gasteiger partial charge in [-0.05, 0) is 29.8 Å². The van der Waals surface area contributed by atoms with Crippen molar-refractivity contribution < 1.29 is 14.6 Å². The molecule has 20 heavy (non-hydrogen) atoms. The summed E-state index contributed by atoms with van der Waals surface area (Å²) in [5.74, 6) is -0.298. The average Bonchev–Trinajstić information content (AvgIpc) is 2.47.